The highest BCUT2D eigenvalue weighted by atomic mass is 15.2. The lowest BCUT2D eigenvalue weighted by molar-refractivity contribution is 0.153. The minimum absolute atomic E-state index is 1.00. The van der Waals surface area contributed by atoms with Crippen LogP contribution in [0.25, 0.3) is 0 Å². The lowest BCUT2D eigenvalue weighted by atomic mass is 9.83. The van der Waals surface area contributed by atoms with Crippen molar-refractivity contribution in [2.24, 2.45) is 5.92 Å². The summed E-state index contributed by atoms with van der Waals surface area (Å²) < 4.78 is 0. The predicted octanol–water partition coefficient (Wildman–Crippen LogP) is 3.19. The Balaban J connectivity index is 1.66. The topological polar surface area (TPSA) is 3.24 Å². The van der Waals surface area contributed by atoms with Gasteiger partial charge in [-0.25, -0.2) is 0 Å². The van der Waals surface area contributed by atoms with Gasteiger partial charge in [0.25, 0.3) is 0 Å². The fourth-order valence-corrected chi connectivity index (χ4v) is 4.16. The van der Waals surface area contributed by atoms with Crippen LogP contribution in [0.3, 0.4) is 0 Å². The third kappa shape index (κ3) is 1.50. The van der Waals surface area contributed by atoms with Crippen molar-refractivity contribution < 1.29 is 0 Å². The van der Waals surface area contributed by atoms with E-state index >= 15 is 0 Å². The molecule has 3 aliphatic rings. The summed E-state index contributed by atoms with van der Waals surface area (Å²) in [7, 11) is 0. The molecule has 2 aliphatic heterocycles. The molecule has 0 aromatic rings. The lowest BCUT2D eigenvalue weighted by Gasteiger charge is -2.33. The molecule has 1 nitrogen and oxygen atoms in total. The molecule has 1 heteroatoms. The molecule has 1 aliphatic carbocycles. The molecular weight excluding hydrogens is 170 g/mol. The van der Waals surface area contributed by atoms with Gasteiger partial charge in [-0.05, 0) is 51.0 Å². The van der Waals surface area contributed by atoms with Gasteiger partial charge in [0, 0.05) is 12.1 Å². The molecule has 2 atom stereocenters. The van der Waals surface area contributed by atoms with E-state index in [4.69, 9.17) is 0 Å². The minimum atomic E-state index is 1.00. The Morgan fingerprint density at radius 2 is 1.57 bits per heavy atom. The normalized spacial score (nSPS) is 40.3. The summed E-state index contributed by atoms with van der Waals surface area (Å²) in [4.78, 5) is 2.87. The predicted molar refractivity (Wildman–Crippen MR) is 59.3 cm³/mol. The van der Waals surface area contributed by atoms with Crippen molar-refractivity contribution in [3.63, 3.8) is 0 Å². The van der Waals surface area contributed by atoms with Gasteiger partial charge in [0.2, 0.25) is 0 Å². The van der Waals surface area contributed by atoms with E-state index in [1.54, 1.807) is 0 Å². The van der Waals surface area contributed by atoms with Crippen LogP contribution in [-0.2, 0) is 0 Å². The van der Waals surface area contributed by atoms with Crippen LogP contribution in [0, 0.1) is 5.92 Å². The zero-order chi connectivity index (χ0) is 9.38. The number of hydrogen-bond donors (Lipinski definition) is 0. The quantitative estimate of drug-likeness (QED) is 0.618. The molecule has 0 radical (unpaired) electrons. The number of fused-ring (bicyclic) bond motifs is 1. The van der Waals surface area contributed by atoms with Gasteiger partial charge in [0.15, 0.2) is 0 Å². The van der Waals surface area contributed by atoms with Crippen LogP contribution in [0.15, 0.2) is 0 Å². The van der Waals surface area contributed by atoms with Crippen molar-refractivity contribution >= 4 is 0 Å². The SMILES string of the molecule is C1CCC(C2CCC3CCCN32)CC1. The average Bonchev–Trinajstić information content (AvgIpc) is 2.79. The summed E-state index contributed by atoms with van der Waals surface area (Å²) in [5, 5.41) is 0. The van der Waals surface area contributed by atoms with Crippen molar-refractivity contribution in [3.05, 3.63) is 0 Å². The maximum Gasteiger partial charge on any atom is 0.0127 e. The van der Waals surface area contributed by atoms with Crippen LogP contribution in [0.1, 0.15) is 57.8 Å². The second-order valence-electron chi connectivity index (χ2n) is 5.58. The van der Waals surface area contributed by atoms with Gasteiger partial charge in [-0.15, -0.1) is 0 Å². The zero-order valence-corrected chi connectivity index (χ0v) is 9.25. The second-order valence-corrected chi connectivity index (χ2v) is 5.58. The van der Waals surface area contributed by atoms with Crippen LogP contribution >= 0.6 is 0 Å². The van der Waals surface area contributed by atoms with Crippen LogP contribution in [0.5, 0.6) is 0 Å². The fourth-order valence-electron chi connectivity index (χ4n) is 4.16. The fraction of sp³-hybridized carbons (Fsp3) is 1.00. The Bertz CT molecular complexity index is 195. The van der Waals surface area contributed by atoms with E-state index in [0.29, 0.717) is 0 Å². The number of rotatable bonds is 1. The first-order valence-electron chi connectivity index (χ1n) is 6.71. The standard InChI is InChI=1S/C13H23N/c1-2-5-11(6-3-1)13-9-8-12-7-4-10-14(12)13/h11-13H,1-10H2. The third-order valence-corrected chi connectivity index (χ3v) is 4.84. The molecule has 0 N–H and O–H groups in total. The minimum Gasteiger partial charge on any atom is -0.297 e. The van der Waals surface area contributed by atoms with Gasteiger partial charge >= 0.3 is 0 Å². The van der Waals surface area contributed by atoms with Crippen LogP contribution in [0.2, 0.25) is 0 Å². The van der Waals surface area contributed by atoms with Gasteiger partial charge < -0.3 is 0 Å². The molecule has 14 heavy (non-hydrogen) atoms. The van der Waals surface area contributed by atoms with E-state index in [9.17, 15) is 0 Å². The zero-order valence-electron chi connectivity index (χ0n) is 9.25. The number of nitrogens with zero attached hydrogens (tertiary/aromatic N) is 1. The maximum atomic E-state index is 2.87. The largest absolute Gasteiger partial charge is 0.297 e. The highest BCUT2D eigenvalue weighted by Gasteiger charge is 2.40. The third-order valence-electron chi connectivity index (χ3n) is 4.84. The molecule has 3 rings (SSSR count). The van der Waals surface area contributed by atoms with E-state index in [0.717, 1.165) is 18.0 Å². The first-order chi connectivity index (χ1) is 6.95. The van der Waals surface area contributed by atoms with Gasteiger partial charge in [0.1, 0.15) is 0 Å². The summed E-state index contributed by atoms with van der Waals surface area (Å²) >= 11 is 0. The first kappa shape index (κ1) is 9.21. The Labute approximate surface area is 87.9 Å². The molecule has 0 aromatic carbocycles. The smallest absolute Gasteiger partial charge is 0.0127 e. The number of hydrogen-bond acceptors (Lipinski definition) is 1. The molecule has 2 heterocycles. The van der Waals surface area contributed by atoms with Crippen molar-refractivity contribution in [2.45, 2.75) is 69.9 Å². The highest BCUT2D eigenvalue weighted by Crippen LogP contribution is 2.40. The molecule has 0 bridgehead atoms. The van der Waals surface area contributed by atoms with E-state index in [-0.39, 0.29) is 0 Å². The lowest BCUT2D eigenvalue weighted by Crippen LogP contribution is -2.37. The summed E-state index contributed by atoms with van der Waals surface area (Å²) in [6, 6.07) is 2.00. The van der Waals surface area contributed by atoms with Crippen LogP contribution in [-0.4, -0.2) is 23.5 Å². The molecular formula is C13H23N. The van der Waals surface area contributed by atoms with Gasteiger partial charge in [-0.2, -0.15) is 0 Å². The van der Waals surface area contributed by atoms with Crippen LogP contribution in [0.4, 0.5) is 0 Å². The molecule has 1 saturated carbocycles. The maximum absolute atomic E-state index is 2.87. The Kier molecular flexibility index (Phi) is 2.53. The van der Waals surface area contributed by atoms with E-state index < -0.39 is 0 Å². The molecule has 3 fully saturated rings. The summed E-state index contributed by atoms with van der Waals surface area (Å²) in [5.74, 6) is 1.08. The Morgan fingerprint density at radius 1 is 0.714 bits per heavy atom. The van der Waals surface area contributed by atoms with Crippen molar-refractivity contribution in [1.29, 1.82) is 0 Å². The molecule has 2 unspecified atom stereocenters. The summed E-state index contributed by atoms with van der Waals surface area (Å²) in [5.41, 5.74) is 0. The Hall–Kier alpha value is -0.0400. The molecule has 0 spiro atoms. The first-order valence-corrected chi connectivity index (χ1v) is 6.71. The molecule has 0 amide bonds. The molecule has 2 saturated heterocycles. The average molecular weight is 193 g/mol. The summed E-state index contributed by atoms with van der Waals surface area (Å²) in [6.45, 7) is 1.42. The van der Waals surface area contributed by atoms with Gasteiger partial charge in [-0.3, -0.25) is 4.90 Å². The monoisotopic (exact) mass is 193 g/mol. The summed E-state index contributed by atoms with van der Waals surface area (Å²) in [6.07, 6.45) is 13.6. The van der Waals surface area contributed by atoms with Crippen molar-refractivity contribution in [3.8, 4) is 0 Å². The van der Waals surface area contributed by atoms with Gasteiger partial charge in [0.05, 0.1) is 0 Å². The second kappa shape index (κ2) is 3.84. The molecule has 80 valence electrons. The van der Waals surface area contributed by atoms with Crippen LogP contribution < -0.4 is 0 Å². The molecule has 0 aromatic heterocycles. The van der Waals surface area contributed by atoms with Gasteiger partial charge in [-0.1, -0.05) is 19.3 Å². The van der Waals surface area contributed by atoms with Crippen molar-refractivity contribution in [1.82, 2.24) is 4.90 Å². The van der Waals surface area contributed by atoms with E-state index in [2.05, 4.69) is 4.90 Å². The Morgan fingerprint density at radius 3 is 2.43 bits per heavy atom. The highest BCUT2D eigenvalue weighted by molar-refractivity contribution is 4.95. The van der Waals surface area contributed by atoms with E-state index in [1.807, 2.05) is 0 Å². The van der Waals surface area contributed by atoms with Crippen molar-refractivity contribution in [2.75, 3.05) is 6.54 Å². The van der Waals surface area contributed by atoms with E-state index in [1.165, 1.54) is 64.3 Å².